The summed E-state index contributed by atoms with van der Waals surface area (Å²) in [6, 6.07) is 74.7. The predicted molar refractivity (Wildman–Crippen MR) is 286 cm³/mol. The van der Waals surface area contributed by atoms with Crippen molar-refractivity contribution in [1.82, 2.24) is 0 Å². The molecule has 0 bridgehead atoms. The number of benzene rings is 9. The summed E-state index contributed by atoms with van der Waals surface area (Å²) in [4.78, 5) is 2.46. The second kappa shape index (κ2) is 15.0. The van der Waals surface area contributed by atoms with Gasteiger partial charge in [0.25, 0.3) is 0 Å². The monoisotopic (exact) mass is 879 g/mol. The lowest BCUT2D eigenvalue weighted by molar-refractivity contribution is 0.556. The Hall–Kier alpha value is -7.42. The molecular formula is C66H57NO. The van der Waals surface area contributed by atoms with E-state index in [1.54, 1.807) is 0 Å². The average molecular weight is 880 g/mol. The third kappa shape index (κ3) is 6.23. The molecule has 0 unspecified atom stereocenters. The summed E-state index contributed by atoms with van der Waals surface area (Å²) in [5, 5.41) is 2.40. The molecule has 0 amide bonds. The first-order chi connectivity index (χ1) is 32.7. The van der Waals surface area contributed by atoms with Gasteiger partial charge in [-0.25, -0.2) is 0 Å². The number of nitrogens with zero attached hydrogens (tertiary/aromatic N) is 1. The number of fused-ring (bicyclic) bond motifs is 10. The number of hydrogen-bond donors (Lipinski definition) is 0. The fraction of sp³-hybridized carbons (Fsp3) is 0.182. The first-order valence-electron chi connectivity index (χ1n) is 24.3. The molecule has 332 valence electrons. The molecule has 2 heteroatoms. The minimum atomic E-state index is -0.521. The predicted octanol–water partition coefficient (Wildman–Crippen LogP) is 18.0. The Morgan fingerprint density at radius 1 is 0.397 bits per heavy atom. The van der Waals surface area contributed by atoms with E-state index in [9.17, 15) is 0 Å². The maximum Gasteiger partial charge on any atom is 0.140 e. The minimum absolute atomic E-state index is 0.00187. The lowest BCUT2D eigenvalue weighted by Gasteiger charge is -2.35. The number of anilines is 3. The van der Waals surface area contributed by atoms with E-state index in [-0.39, 0.29) is 16.2 Å². The first kappa shape index (κ1) is 42.0. The van der Waals surface area contributed by atoms with Crippen molar-refractivity contribution < 1.29 is 4.42 Å². The third-order valence-electron chi connectivity index (χ3n) is 15.2. The highest BCUT2D eigenvalue weighted by Crippen LogP contribution is 2.58. The maximum atomic E-state index is 7.20. The SMILES string of the molecule is CC(C)(C)c1cc(C(C)(C)C)c2oc3c4c(ccc3c2c1)-c1cc(N(c2ccc(-c3ccccc3)cc2)c2cccc(C3(c5ccccc5)c5ccccc5-c5ccccc53)c2)ccc1C4(C)C. The Kier molecular flexibility index (Phi) is 9.29. The van der Waals surface area contributed by atoms with E-state index in [1.165, 1.54) is 88.7 Å². The second-order valence-electron chi connectivity index (χ2n) is 21.7. The van der Waals surface area contributed by atoms with Crippen LogP contribution in [-0.4, -0.2) is 0 Å². The summed E-state index contributed by atoms with van der Waals surface area (Å²) >= 11 is 0. The van der Waals surface area contributed by atoms with Crippen LogP contribution in [0.1, 0.15) is 99.9 Å². The van der Waals surface area contributed by atoms with Crippen LogP contribution in [0.15, 0.2) is 205 Å². The van der Waals surface area contributed by atoms with Crippen LogP contribution in [-0.2, 0) is 21.7 Å². The molecule has 2 aliphatic rings. The molecule has 0 fully saturated rings. The summed E-state index contributed by atoms with van der Waals surface area (Å²) in [5.41, 5.74) is 22.1. The summed E-state index contributed by atoms with van der Waals surface area (Å²) in [7, 11) is 0. The van der Waals surface area contributed by atoms with Crippen LogP contribution >= 0.6 is 0 Å². The molecule has 12 rings (SSSR count). The quantitative estimate of drug-likeness (QED) is 0.165. The van der Waals surface area contributed by atoms with Gasteiger partial charge in [-0.15, -0.1) is 0 Å². The van der Waals surface area contributed by atoms with Crippen LogP contribution in [0, 0.1) is 0 Å². The van der Waals surface area contributed by atoms with Crippen LogP contribution in [0.4, 0.5) is 17.1 Å². The van der Waals surface area contributed by atoms with Crippen molar-refractivity contribution in [1.29, 1.82) is 0 Å². The Balaban J connectivity index is 1.07. The van der Waals surface area contributed by atoms with Crippen LogP contribution in [0.2, 0.25) is 0 Å². The van der Waals surface area contributed by atoms with Crippen LogP contribution in [0.25, 0.3) is 55.3 Å². The highest BCUT2D eigenvalue weighted by atomic mass is 16.3. The van der Waals surface area contributed by atoms with Gasteiger partial charge < -0.3 is 9.32 Å². The van der Waals surface area contributed by atoms with Gasteiger partial charge in [-0.3, -0.25) is 0 Å². The molecule has 2 aliphatic carbocycles. The molecule has 0 saturated heterocycles. The Labute approximate surface area is 401 Å². The van der Waals surface area contributed by atoms with Crippen molar-refractivity contribution in [2.75, 3.05) is 4.90 Å². The highest BCUT2D eigenvalue weighted by Gasteiger charge is 2.46. The molecule has 0 radical (unpaired) electrons. The molecule has 0 aliphatic heterocycles. The number of hydrogen-bond acceptors (Lipinski definition) is 2. The Bertz CT molecular complexity index is 3550. The van der Waals surface area contributed by atoms with E-state index in [2.05, 4.69) is 260 Å². The van der Waals surface area contributed by atoms with E-state index in [1.807, 2.05) is 0 Å². The van der Waals surface area contributed by atoms with E-state index in [0.29, 0.717) is 0 Å². The fourth-order valence-electron chi connectivity index (χ4n) is 11.8. The van der Waals surface area contributed by atoms with Crippen molar-refractivity contribution >= 4 is 39.0 Å². The lowest BCUT2D eigenvalue weighted by Crippen LogP contribution is -2.28. The molecule has 68 heavy (non-hydrogen) atoms. The normalized spacial score (nSPS) is 14.4. The molecule has 0 saturated carbocycles. The highest BCUT2D eigenvalue weighted by molar-refractivity contribution is 6.10. The van der Waals surface area contributed by atoms with Gasteiger partial charge >= 0.3 is 0 Å². The molecule has 10 aromatic rings. The van der Waals surface area contributed by atoms with Gasteiger partial charge in [0, 0.05) is 44.4 Å². The molecule has 0 spiro atoms. The van der Waals surface area contributed by atoms with Crippen molar-refractivity contribution in [2.24, 2.45) is 0 Å². The zero-order valence-corrected chi connectivity index (χ0v) is 40.4. The molecule has 0 atom stereocenters. The Morgan fingerprint density at radius 2 is 0.985 bits per heavy atom. The number of rotatable bonds is 6. The van der Waals surface area contributed by atoms with E-state index in [0.717, 1.165) is 28.2 Å². The summed E-state index contributed by atoms with van der Waals surface area (Å²) in [5.74, 6) is 0. The molecule has 2 nitrogen and oxygen atoms in total. The van der Waals surface area contributed by atoms with Crippen molar-refractivity contribution in [3.63, 3.8) is 0 Å². The van der Waals surface area contributed by atoms with Gasteiger partial charge in [0.1, 0.15) is 11.2 Å². The summed E-state index contributed by atoms with van der Waals surface area (Å²) < 4.78 is 7.20. The first-order valence-corrected chi connectivity index (χ1v) is 24.3. The molecule has 1 heterocycles. The van der Waals surface area contributed by atoms with Gasteiger partial charge in [-0.1, -0.05) is 207 Å². The van der Waals surface area contributed by atoms with Crippen molar-refractivity contribution in [2.45, 2.75) is 77.0 Å². The van der Waals surface area contributed by atoms with Crippen molar-refractivity contribution in [3.8, 4) is 33.4 Å². The maximum absolute atomic E-state index is 7.20. The van der Waals surface area contributed by atoms with E-state index < -0.39 is 5.41 Å². The zero-order valence-electron chi connectivity index (χ0n) is 40.4. The van der Waals surface area contributed by atoms with E-state index >= 15 is 0 Å². The third-order valence-corrected chi connectivity index (χ3v) is 15.2. The average Bonchev–Trinajstić information content (AvgIpc) is 3.95. The number of furan rings is 1. The summed E-state index contributed by atoms with van der Waals surface area (Å²) in [6.45, 7) is 18.6. The zero-order chi connectivity index (χ0) is 46.7. The van der Waals surface area contributed by atoms with E-state index in [4.69, 9.17) is 4.42 Å². The fourth-order valence-corrected chi connectivity index (χ4v) is 11.8. The van der Waals surface area contributed by atoms with Crippen LogP contribution < -0.4 is 4.90 Å². The van der Waals surface area contributed by atoms with Crippen LogP contribution in [0.5, 0.6) is 0 Å². The van der Waals surface area contributed by atoms with Crippen LogP contribution in [0.3, 0.4) is 0 Å². The second-order valence-corrected chi connectivity index (χ2v) is 21.7. The van der Waals surface area contributed by atoms with Gasteiger partial charge in [-0.05, 0) is 126 Å². The molecule has 0 N–H and O–H groups in total. The minimum Gasteiger partial charge on any atom is -0.455 e. The van der Waals surface area contributed by atoms with Gasteiger partial charge in [-0.2, -0.15) is 0 Å². The lowest BCUT2D eigenvalue weighted by atomic mass is 9.67. The van der Waals surface area contributed by atoms with Crippen molar-refractivity contribution in [3.05, 3.63) is 245 Å². The standard InChI is InChI=1S/C66H57NO/c1-63(2,3)46-39-55-53-36-35-52-54-41-49(34-37-56(54)65(7,8)60(52)62(53)68-61(55)59(40-46)64(4,5)6)67(47-32-30-43(31-33-47)42-20-11-9-12-21-42)48-25-19-24-45(38-48)66(44-22-13-10-14-23-44)57-28-17-15-26-50(57)51-27-16-18-29-58(51)66/h9-41H,1-8H3. The smallest absolute Gasteiger partial charge is 0.140 e. The summed E-state index contributed by atoms with van der Waals surface area (Å²) in [6.07, 6.45) is 0. The van der Waals surface area contributed by atoms with Gasteiger partial charge in [0.2, 0.25) is 0 Å². The molecular weight excluding hydrogens is 823 g/mol. The largest absolute Gasteiger partial charge is 0.455 e. The van der Waals surface area contributed by atoms with Gasteiger partial charge in [0.05, 0.1) is 5.41 Å². The topological polar surface area (TPSA) is 16.4 Å². The van der Waals surface area contributed by atoms with Gasteiger partial charge in [0.15, 0.2) is 0 Å². The molecule has 1 aromatic heterocycles. The molecule has 9 aromatic carbocycles. The Morgan fingerprint density at radius 3 is 1.65 bits per heavy atom.